The van der Waals surface area contributed by atoms with E-state index in [0.29, 0.717) is 45.0 Å². The zero-order valence-corrected chi connectivity index (χ0v) is 28.5. The van der Waals surface area contributed by atoms with Gasteiger partial charge in [0.05, 0.1) is 24.1 Å². The van der Waals surface area contributed by atoms with Gasteiger partial charge in [-0.25, -0.2) is 23.1 Å². The zero-order chi connectivity index (χ0) is 34.5. The average Bonchev–Trinajstić information content (AvgIpc) is 3.90. The molecule has 14 heteroatoms. The molecule has 5 aromatic rings. The van der Waals surface area contributed by atoms with Crippen molar-refractivity contribution in [2.75, 3.05) is 49.5 Å². The van der Waals surface area contributed by atoms with Crippen LogP contribution in [0.3, 0.4) is 0 Å². The fourth-order valence-electron chi connectivity index (χ4n) is 7.77. The third-order valence-electron chi connectivity index (χ3n) is 10.5. The second kappa shape index (κ2) is 13.5. The number of hydrogen-bond donors (Lipinski definition) is 2. The van der Waals surface area contributed by atoms with Crippen molar-refractivity contribution in [1.82, 2.24) is 29.2 Å². The molecule has 8 rings (SSSR count). The number of piperidine rings is 1. The molecule has 0 saturated carbocycles. The van der Waals surface area contributed by atoms with Crippen LogP contribution in [0.2, 0.25) is 0 Å². The lowest BCUT2D eigenvalue weighted by atomic mass is 9.93. The Balaban J connectivity index is 1.07. The molecule has 3 aliphatic heterocycles. The Kier molecular flexibility index (Phi) is 8.86. The van der Waals surface area contributed by atoms with Crippen LogP contribution in [0, 0.1) is 18.8 Å². The Morgan fingerprint density at radius 2 is 1.88 bits per heavy atom. The molecule has 0 bridgehead atoms. The van der Waals surface area contributed by atoms with Gasteiger partial charge in [-0.15, -0.1) is 11.3 Å². The Morgan fingerprint density at radius 1 is 1.10 bits per heavy atom. The standard InChI is InChI=1S/C36H39F3N8O2S/c1-21-27(24-2-4-26(5-3-24)45-15-23(16-45)14-44-9-6-22(19-48)7-10-44)13-28(34(38)39)29-18-47(43-31(21)29)33(35(49)42-36-40-8-11-50-36)32-30-12-25(37)17-46(30)20-41-32/h2-5,8,11,13,18,20,22-23,25,33-34,48H,6-7,9-10,12,14-17,19H2,1H3,(H,40,42,49)/t25-,33?/m1/s1. The first-order chi connectivity index (χ1) is 24.2. The van der Waals surface area contributed by atoms with E-state index in [1.165, 1.54) is 34.6 Å². The lowest BCUT2D eigenvalue weighted by molar-refractivity contribution is -0.118. The van der Waals surface area contributed by atoms with Gasteiger partial charge in [0.2, 0.25) is 0 Å². The average molecular weight is 705 g/mol. The van der Waals surface area contributed by atoms with Crippen LogP contribution in [0.5, 0.6) is 0 Å². The summed E-state index contributed by atoms with van der Waals surface area (Å²) in [5.41, 5.74) is 4.35. The van der Waals surface area contributed by atoms with Gasteiger partial charge >= 0.3 is 0 Å². The summed E-state index contributed by atoms with van der Waals surface area (Å²) in [5, 5.41) is 19.3. The van der Waals surface area contributed by atoms with Gasteiger partial charge in [-0.2, -0.15) is 5.10 Å². The highest BCUT2D eigenvalue weighted by molar-refractivity contribution is 7.13. The lowest BCUT2D eigenvalue weighted by Crippen LogP contribution is -2.52. The van der Waals surface area contributed by atoms with E-state index in [1.807, 2.05) is 31.2 Å². The van der Waals surface area contributed by atoms with Crippen LogP contribution in [-0.4, -0.2) is 85.7 Å². The van der Waals surface area contributed by atoms with E-state index in [4.69, 9.17) is 5.10 Å². The highest BCUT2D eigenvalue weighted by Crippen LogP contribution is 2.39. The summed E-state index contributed by atoms with van der Waals surface area (Å²) >= 11 is 1.25. The molecule has 2 saturated heterocycles. The number of aromatic nitrogens is 5. The molecule has 50 heavy (non-hydrogen) atoms. The maximum absolute atomic E-state index is 14.7. The van der Waals surface area contributed by atoms with Gasteiger partial charge in [0.15, 0.2) is 11.2 Å². The molecule has 2 fully saturated rings. The first kappa shape index (κ1) is 32.9. The van der Waals surface area contributed by atoms with Crippen molar-refractivity contribution in [3.05, 3.63) is 76.9 Å². The molecule has 6 heterocycles. The number of fused-ring (bicyclic) bond motifs is 2. The number of aliphatic hydroxyl groups excluding tert-OH is 1. The minimum Gasteiger partial charge on any atom is -0.396 e. The topological polar surface area (TPSA) is 104 Å². The summed E-state index contributed by atoms with van der Waals surface area (Å²) in [6.45, 7) is 7.39. The first-order valence-electron chi connectivity index (χ1n) is 17.1. The number of rotatable bonds is 10. The molecule has 0 spiro atoms. The quantitative estimate of drug-likeness (QED) is 0.188. The number of amides is 1. The number of halogens is 3. The molecular weight excluding hydrogens is 666 g/mol. The molecule has 10 nitrogen and oxygen atoms in total. The van der Waals surface area contributed by atoms with Gasteiger partial charge < -0.3 is 19.5 Å². The maximum atomic E-state index is 14.7. The fourth-order valence-corrected chi connectivity index (χ4v) is 8.31. The van der Waals surface area contributed by atoms with Gasteiger partial charge in [-0.3, -0.25) is 14.8 Å². The summed E-state index contributed by atoms with van der Waals surface area (Å²) in [4.78, 5) is 27.3. The number of aryl methyl sites for hydroxylation is 1. The second-order valence-corrected chi connectivity index (χ2v) is 14.7. The largest absolute Gasteiger partial charge is 0.396 e. The van der Waals surface area contributed by atoms with Crippen LogP contribution in [0.15, 0.2) is 54.4 Å². The number of imidazole rings is 1. The van der Waals surface area contributed by atoms with Crippen molar-refractivity contribution in [1.29, 1.82) is 0 Å². The molecule has 1 unspecified atom stereocenters. The van der Waals surface area contributed by atoms with E-state index in [-0.39, 0.29) is 30.5 Å². The Labute approximate surface area is 291 Å². The fraction of sp³-hybridized carbons (Fsp3) is 0.444. The van der Waals surface area contributed by atoms with Crippen molar-refractivity contribution in [3.63, 3.8) is 0 Å². The molecule has 3 aliphatic rings. The van der Waals surface area contributed by atoms with E-state index in [1.54, 1.807) is 16.1 Å². The molecule has 2 atom stereocenters. The van der Waals surface area contributed by atoms with Crippen molar-refractivity contribution < 1.29 is 23.1 Å². The monoisotopic (exact) mass is 704 g/mol. The normalized spacial score (nSPS) is 19.3. The highest BCUT2D eigenvalue weighted by Gasteiger charge is 2.35. The molecule has 262 valence electrons. The minimum absolute atomic E-state index is 0.0982. The predicted molar refractivity (Wildman–Crippen MR) is 187 cm³/mol. The zero-order valence-electron chi connectivity index (χ0n) is 27.7. The van der Waals surface area contributed by atoms with Crippen LogP contribution >= 0.6 is 11.3 Å². The smallest absolute Gasteiger partial charge is 0.264 e. The van der Waals surface area contributed by atoms with Crippen LogP contribution in [0.25, 0.3) is 22.0 Å². The van der Waals surface area contributed by atoms with Crippen LogP contribution in [-0.2, 0) is 17.8 Å². The lowest BCUT2D eigenvalue weighted by Gasteiger charge is -2.44. The van der Waals surface area contributed by atoms with Crippen molar-refractivity contribution >= 4 is 39.0 Å². The number of alkyl halides is 3. The van der Waals surface area contributed by atoms with Gasteiger partial charge in [0, 0.05) is 78.7 Å². The molecule has 1 amide bonds. The Hall–Kier alpha value is -4.27. The molecule has 0 radical (unpaired) electrons. The van der Waals surface area contributed by atoms with Gasteiger partial charge in [-0.1, -0.05) is 12.1 Å². The number of aliphatic hydroxyl groups is 1. The van der Waals surface area contributed by atoms with E-state index in [2.05, 4.69) is 25.1 Å². The SMILES string of the molecule is Cc1c(-c2ccc(N3CC(CN4CCC(CO)CC4)C3)cc2)cc(C(F)F)c2cn(C(C(=O)Nc3nccs3)c3ncn4c3C[C@@H](F)C4)nc12. The summed E-state index contributed by atoms with van der Waals surface area (Å²) in [6, 6.07) is 8.41. The number of carbonyl (C=O) groups excluding carboxylic acids is 1. The van der Waals surface area contributed by atoms with Crippen molar-refractivity contribution in [2.24, 2.45) is 11.8 Å². The molecule has 0 aliphatic carbocycles. The van der Waals surface area contributed by atoms with E-state index in [9.17, 15) is 23.1 Å². The first-order valence-corrected chi connectivity index (χ1v) is 18.0. The number of nitrogens with zero attached hydrogens (tertiary/aromatic N) is 7. The number of hydrogen-bond acceptors (Lipinski definition) is 8. The van der Waals surface area contributed by atoms with E-state index in [0.717, 1.165) is 56.8 Å². The van der Waals surface area contributed by atoms with Crippen LogP contribution < -0.4 is 10.2 Å². The van der Waals surface area contributed by atoms with Gasteiger partial charge in [0.1, 0.15) is 6.17 Å². The van der Waals surface area contributed by atoms with Gasteiger partial charge in [0.25, 0.3) is 12.3 Å². The Bertz CT molecular complexity index is 1980. The summed E-state index contributed by atoms with van der Waals surface area (Å²) in [7, 11) is 0. The number of anilines is 2. The number of thiazole rings is 1. The molecule has 2 N–H and O–H groups in total. The summed E-state index contributed by atoms with van der Waals surface area (Å²) in [5.74, 6) is 0.540. The van der Waals surface area contributed by atoms with Crippen molar-refractivity contribution in [3.8, 4) is 11.1 Å². The number of benzene rings is 2. The third-order valence-corrected chi connectivity index (χ3v) is 11.2. The van der Waals surface area contributed by atoms with Gasteiger partial charge in [-0.05, 0) is 73.7 Å². The Morgan fingerprint density at radius 3 is 2.58 bits per heavy atom. The molecule has 2 aromatic carbocycles. The predicted octanol–water partition coefficient (Wildman–Crippen LogP) is 5.87. The maximum Gasteiger partial charge on any atom is 0.264 e. The minimum atomic E-state index is -2.78. The van der Waals surface area contributed by atoms with Crippen LogP contribution in [0.4, 0.5) is 24.0 Å². The summed E-state index contributed by atoms with van der Waals surface area (Å²) in [6.07, 6.45) is 2.89. The highest BCUT2D eigenvalue weighted by atomic mass is 32.1. The second-order valence-electron chi connectivity index (χ2n) is 13.8. The van der Waals surface area contributed by atoms with Crippen molar-refractivity contribution in [2.45, 2.75) is 51.4 Å². The number of carbonyl (C=O) groups is 1. The molecular formula is C36H39F3N8O2S. The number of nitrogens with one attached hydrogen (secondary N) is 1. The van der Waals surface area contributed by atoms with Crippen LogP contribution in [0.1, 0.15) is 47.8 Å². The summed E-state index contributed by atoms with van der Waals surface area (Å²) < 4.78 is 46.9. The van der Waals surface area contributed by atoms with E-state index >= 15 is 0 Å². The third kappa shape index (κ3) is 6.17. The number of likely N-dealkylation sites (tertiary alicyclic amines) is 1. The molecule has 3 aromatic heterocycles. The van der Waals surface area contributed by atoms with E-state index < -0.39 is 24.5 Å².